The summed E-state index contributed by atoms with van der Waals surface area (Å²) in [6.45, 7) is 2.16. The van der Waals surface area contributed by atoms with Crippen molar-refractivity contribution >= 4 is 29.0 Å². The van der Waals surface area contributed by atoms with Crippen LogP contribution in [0.5, 0.6) is 0 Å². The van der Waals surface area contributed by atoms with Crippen LogP contribution in [0.2, 0.25) is 10.0 Å². The largest absolute Gasteiger partial charge is 0.390 e. The number of aliphatic hydroxyl groups excluding tert-OH is 1. The molecule has 0 spiro atoms. The van der Waals surface area contributed by atoms with Crippen LogP contribution in [0.3, 0.4) is 0 Å². The predicted molar refractivity (Wildman–Crippen MR) is 112 cm³/mol. The van der Waals surface area contributed by atoms with E-state index in [9.17, 15) is 9.90 Å². The Morgan fingerprint density at radius 1 is 1.14 bits per heavy atom. The average Bonchev–Trinajstić information content (AvgIpc) is 2.95. The molecule has 0 saturated heterocycles. The first-order chi connectivity index (χ1) is 13.3. The van der Waals surface area contributed by atoms with Gasteiger partial charge in [-0.05, 0) is 51.4 Å². The quantitative estimate of drug-likeness (QED) is 0.608. The molecule has 0 aliphatic carbocycles. The third-order valence-electron chi connectivity index (χ3n) is 4.41. The fraction of sp³-hybridized carbons (Fsp3) is 0.238. The van der Waals surface area contributed by atoms with Crippen molar-refractivity contribution in [1.29, 1.82) is 0 Å². The van der Waals surface area contributed by atoms with E-state index in [1.54, 1.807) is 42.5 Å². The van der Waals surface area contributed by atoms with Crippen molar-refractivity contribution in [2.45, 2.75) is 20.1 Å². The molecule has 1 N–H and O–H groups in total. The molecule has 0 amide bonds. The minimum atomic E-state index is -0.219. The molecule has 7 heteroatoms. The van der Waals surface area contributed by atoms with Crippen molar-refractivity contribution in [2.24, 2.45) is 0 Å². The third-order valence-corrected chi connectivity index (χ3v) is 4.98. The van der Waals surface area contributed by atoms with Crippen LogP contribution in [0.15, 0.2) is 42.5 Å². The van der Waals surface area contributed by atoms with E-state index < -0.39 is 0 Å². The van der Waals surface area contributed by atoms with E-state index in [4.69, 9.17) is 23.2 Å². The lowest BCUT2D eigenvalue weighted by molar-refractivity contribution is 0.103. The molecule has 3 rings (SSSR count). The Labute approximate surface area is 174 Å². The monoisotopic (exact) mass is 417 g/mol. The summed E-state index contributed by atoms with van der Waals surface area (Å²) in [7, 11) is 3.86. The highest BCUT2D eigenvalue weighted by Gasteiger charge is 2.23. The molecule has 2 aromatic carbocycles. The predicted octanol–water partition coefficient (Wildman–Crippen LogP) is 4.27. The van der Waals surface area contributed by atoms with Crippen LogP contribution in [-0.2, 0) is 13.2 Å². The highest BCUT2D eigenvalue weighted by atomic mass is 35.5. The summed E-state index contributed by atoms with van der Waals surface area (Å²) in [6.07, 6.45) is 0. The number of imidazole rings is 1. The average molecular weight is 418 g/mol. The Morgan fingerprint density at radius 3 is 2.50 bits per heavy atom. The molecule has 0 radical (unpaired) electrons. The number of hydrogen-bond donors (Lipinski definition) is 1. The fourth-order valence-electron chi connectivity index (χ4n) is 3.16. The van der Waals surface area contributed by atoms with E-state index in [-0.39, 0.29) is 12.4 Å². The number of aromatic nitrogens is 2. The van der Waals surface area contributed by atoms with Crippen molar-refractivity contribution in [3.05, 3.63) is 80.8 Å². The summed E-state index contributed by atoms with van der Waals surface area (Å²) in [4.78, 5) is 19.8. The van der Waals surface area contributed by atoms with Crippen LogP contribution in [-0.4, -0.2) is 39.4 Å². The summed E-state index contributed by atoms with van der Waals surface area (Å²) >= 11 is 12.5. The molecule has 0 fully saturated rings. The maximum absolute atomic E-state index is 13.3. The number of benzene rings is 2. The van der Waals surface area contributed by atoms with Gasteiger partial charge in [-0.3, -0.25) is 9.36 Å². The molecule has 28 heavy (non-hydrogen) atoms. The number of ketones is 1. The lowest BCUT2D eigenvalue weighted by Gasteiger charge is -2.18. The first-order valence-electron chi connectivity index (χ1n) is 8.75. The lowest BCUT2D eigenvalue weighted by Crippen LogP contribution is -2.18. The molecule has 0 aliphatic rings. The second-order valence-electron chi connectivity index (χ2n) is 6.76. The minimum Gasteiger partial charge on any atom is -0.390 e. The van der Waals surface area contributed by atoms with Gasteiger partial charge in [-0.15, -0.1) is 0 Å². The van der Waals surface area contributed by atoms with Gasteiger partial charge in [0.2, 0.25) is 0 Å². The van der Waals surface area contributed by atoms with Gasteiger partial charge in [-0.1, -0.05) is 35.3 Å². The first kappa shape index (κ1) is 20.6. The summed E-state index contributed by atoms with van der Waals surface area (Å²) in [6, 6.07) is 12.0. The molecule has 146 valence electrons. The van der Waals surface area contributed by atoms with Crippen molar-refractivity contribution in [3.63, 3.8) is 0 Å². The number of rotatable bonds is 6. The van der Waals surface area contributed by atoms with Crippen molar-refractivity contribution in [2.75, 3.05) is 14.1 Å². The molecule has 0 unspecified atom stereocenters. The normalized spacial score (nSPS) is 11.2. The van der Waals surface area contributed by atoms with Crippen LogP contribution in [0, 0.1) is 6.92 Å². The Hall–Kier alpha value is -2.18. The minimum absolute atomic E-state index is 0.210. The zero-order valence-corrected chi connectivity index (χ0v) is 17.4. The number of aryl methyl sites for hydroxylation is 1. The molecule has 1 aromatic heterocycles. The van der Waals surface area contributed by atoms with Gasteiger partial charge in [-0.2, -0.15) is 0 Å². The van der Waals surface area contributed by atoms with Gasteiger partial charge in [0.15, 0.2) is 5.78 Å². The Bertz CT molecular complexity index is 1030. The third kappa shape index (κ3) is 3.98. The molecular weight excluding hydrogens is 397 g/mol. The fourth-order valence-corrected chi connectivity index (χ4v) is 3.54. The molecular formula is C21H21Cl2N3O2. The van der Waals surface area contributed by atoms with Gasteiger partial charge in [0.25, 0.3) is 0 Å². The number of nitrogens with zero attached hydrogens (tertiary/aromatic N) is 3. The van der Waals surface area contributed by atoms with Crippen molar-refractivity contribution in [1.82, 2.24) is 14.5 Å². The number of aliphatic hydroxyl groups is 1. The van der Waals surface area contributed by atoms with Crippen molar-refractivity contribution < 1.29 is 9.90 Å². The zero-order chi connectivity index (χ0) is 20.4. The van der Waals surface area contributed by atoms with Gasteiger partial charge in [-0.25, -0.2) is 4.98 Å². The smallest absolute Gasteiger partial charge is 0.196 e. The Balaban J connectivity index is 2.25. The molecule has 1 heterocycles. The van der Waals surface area contributed by atoms with Crippen LogP contribution < -0.4 is 0 Å². The van der Waals surface area contributed by atoms with Crippen LogP contribution in [0.4, 0.5) is 0 Å². The lowest BCUT2D eigenvalue weighted by atomic mass is 10.0. The van der Waals surface area contributed by atoms with E-state index in [1.165, 1.54) is 0 Å². The number of hydrogen-bond acceptors (Lipinski definition) is 4. The van der Waals surface area contributed by atoms with E-state index in [1.807, 2.05) is 30.5 Å². The highest BCUT2D eigenvalue weighted by Crippen LogP contribution is 2.29. The molecule has 0 bridgehead atoms. The molecule has 5 nitrogen and oxygen atoms in total. The molecule has 0 aliphatic heterocycles. The summed E-state index contributed by atoms with van der Waals surface area (Å²) in [5, 5.41) is 10.8. The van der Waals surface area contributed by atoms with Crippen LogP contribution in [0.1, 0.15) is 33.1 Å². The maximum atomic E-state index is 13.3. The first-order valence-corrected chi connectivity index (χ1v) is 9.51. The molecule has 3 aromatic rings. The van der Waals surface area contributed by atoms with E-state index >= 15 is 0 Å². The molecule has 0 atom stereocenters. The van der Waals surface area contributed by atoms with E-state index in [0.717, 1.165) is 0 Å². The number of carbonyl (C=O) groups excluding carboxylic acids is 1. The van der Waals surface area contributed by atoms with Crippen molar-refractivity contribution in [3.8, 4) is 5.69 Å². The van der Waals surface area contributed by atoms with Gasteiger partial charge >= 0.3 is 0 Å². The highest BCUT2D eigenvalue weighted by molar-refractivity contribution is 6.35. The second-order valence-corrected chi connectivity index (χ2v) is 7.61. The Morgan fingerprint density at radius 2 is 1.86 bits per heavy atom. The number of halogens is 2. The molecule has 0 saturated carbocycles. The van der Waals surface area contributed by atoms with Gasteiger partial charge in [0.1, 0.15) is 5.82 Å². The summed E-state index contributed by atoms with van der Waals surface area (Å²) in [5.74, 6) is 0.491. The SMILES string of the molecule is Cc1nc(CN(C)C)n(-c2cc(Cl)ccc2C(=O)c2ccccc2Cl)c1CO. The Kier molecular flexibility index (Phi) is 6.20. The summed E-state index contributed by atoms with van der Waals surface area (Å²) < 4.78 is 1.81. The van der Waals surface area contributed by atoms with E-state index in [2.05, 4.69) is 4.98 Å². The maximum Gasteiger partial charge on any atom is 0.196 e. The van der Waals surface area contributed by atoms with Gasteiger partial charge < -0.3 is 10.0 Å². The van der Waals surface area contributed by atoms with Crippen LogP contribution in [0.25, 0.3) is 5.69 Å². The standard InChI is InChI=1S/C21H21Cl2N3O2/c1-13-19(12-27)26(20(24-13)11-25(2)3)18-10-14(22)8-9-16(18)21(28)15-6-4-5-7-17(15)23/h4-10,27H,11-12H2,1-3H3. The van der Waals surface area contributed by atoms with E-state index in [0.29, 0.717) is 50.6 Å². The zero-order valence-electron chi connectivity index (χ0n) is 15.9. The van der Waals surface area contributed by atoms with Gasteiger partial charge in [0.05, 0.1) is 35.2 Å². The summed E-state index contributed by atoms with van der Waals surface area (Å²) in [5.41, 5.74) is 2.73. The second kappa shape index (κ2) is 8.45. The van der Waals surface area contributed by atoms with Crippen LogP contribution >= 0.6 is 23.2 Å². The topological polar surface area (TPSA) is 58.4 Å². The van der Waals surface area contributed by atoms with Gasteiger partial charge in [0, 0.05) is 16.1 Å². The number of carbonyl (C=O) groups is 1.